The Bertz CT molecular complexity index is 747. The molecule has 8 heteroatoms. The molecule has 0 saturated carbocycles. The number of thiophene rings is 1. The number of carbonyl (C=O) groups excluding carboxylic acids is 1. The highest BCUT2D eigenvalue weighted by Gasteiger charge is 2.41. The fourth-order valence-electron chi connectivity index (χ4n) is 1.59. The first-order valence-corrected chi connectivity index (χ1v) is 7.05. The van der Waals surface area contributed by atoms with Crippen LogP contribution in [0.25, 0.3) is 5.76 Å². The van der Waals surface area contributed by atoms with Crippen molar-refractivity contribution < 1.29 is 27.5 Å². The van der Waals surface area contributed by atoms with E-state index in [0.717, 1.165) is 23.5 Å². The number of alkyl halides is 3. The number of hydrogen-bond acceptors (Lipinski definition) is 4. The number of halogens is 4. The number of aliphatic imine (C=N–C) groups is 1. The maximum absolute atomic E-state index is 12.8. The summed E-state index contributed by atoms with van der Waals surface area (Å²) in [5, 5.41) is 11.5. The largest absolute Gasteiger partial charge is 0.506 e. The highest BCUT2D eigenvalue weighted by Crippen LogP contribution is 2.27. The van der Waals surface area contributed by atoms with Crippen LogP contribution in [-0.2, 0) is 4.79 Å². The molecule has 0 aliphatic heterocycles. The monoisotopic (exact) mass is 343 g/mol. The van der Waals surface area contributed by atoms with Crippen molar-refractivity contribution in [3.8, 4) is 0 Å². The number of ketones is 1. The maximum atomic E-state index is 12.8. The van der Waals surface area contributed by atoms with Crippen LogP contribution >= 0.6 is 11.3 Å². The summed E-state index contributed by atoms with van der Waals surface area (Å²) in [7, 11) is 0. The summed E-state index contributed by atoms with van der Waals surface area (Å²) in [4.78, 5) is 15.3. The van der Waals surface area contributed by atoms with E-state index in [9.17, 15) is 27.5 Å². The van der Waals surface area contributed by atoms with E-state index in [-0.39, 0.29) is 10.6 Å². The van der Waals surface area contributed by atoms with Gasteiger partial charge in [0.1, 0.15) is 11.6 Å². The Morgan fingerprint density at radius 1 is 1.17 bits per heavy atom. The molecule has 0 atom stereocenters. The standard InChI is InChI=1S/C15H9F4NO2S/c16-9-3-5-10(6-4-9)20-8-11(14(22)15(17,18)19)13(21)12-2-1-7-23-12/h1-8,21H. The van der Waals surface area contributed by atoms with Crippen molar-refractivity contribution >= 4 is 34.8 Å². The number of carbonyl (C=O) groups is 1. The zero-order valence-corrected chi connectivity index (χ0v) is 12.2. The van der Waals surface area contributed by atoms with Gasteiger partial charge in [-0.25, -0.2) is 4.39 Å². The van der Waals surface area contributed by atoms with Crippen molar-refractivity contribution in [2.75, 3.05) is 0 Å². The normalized spacial score (nSPS) is 13.2. The van der Waals surface area contributed by atoms with Crippen molar-refractivity contribution in [2.24, 2.45) is 4.99 Å². The molecule has 0 radical (unpaired) electrons. The van der Waals surface area contributed by atoms with Crippen molar-refractivity contribution in [3.05, 3.63) is 58.0 Å². The highest BCUT2D eigenvalue weighted by molar-refractivity contribution is 7.11. The van der Waals surface area contributed by atoms with Crippen LogP contribution in [0.4, 0.5) is 23.2 Å². The number of allylic oxidation sites excluding steroid dienone is 1. The second-order valence-electron chi connectivity index (χ2n) is 4.30. The molecular weight excluding hydrogens is 334 g/mol. The lowest BCUT2D eigenvalue weighted by Crippen LogP contribution is -2.26. The quantitative estimate of drug-likeness (QED) is 0.379. The van der Waals surface area contributed by atoms with E-state index in [2.05, 4.69) is 4.99 Å². The molecule has 0 saturated heterocycles. The smallest absolute Gasteiger partial charge is 0.455 e. The molecule has 1 N–H and O–H groups in total. The fraction of sp³-hybridized carbons (Fsp3) is 0.0667. The number of rotatable bonds is 4. The Hall–Kier alpha value is -2.48. The van der Waals surface area contributed by atoms with Gasteiger partial charge in [0.05, 0.1) is 16.1 Å². The molecular formula is C15H9F4NO2S. The molecule has 120 valence electrons. The molecule has 2 rings (SSSR count). The van der Waals surface area contributed by atoms with Crippen LogP contribution in [0.1, 0.15) is 4.88 Å². The summed E-state index contributed by atoms with van der Waals surface area (Å²) in [6, 6.07) is 7.48. The number of Topliss-reactive ketones (excluding diaryl/α,β-unsaturated/α-hetero) is 1. The second kappa shape index (κ2) is 6.74. The van der Waals surface area contributed by atoms with E-state index in [1.807, 2.05) is 0 Å². The zero-order chi connectivity index (χ0) is 17.0. The lowest BCUT2D eigenvalue weighted by Gasteiger charge is -2.07. The predicted octanol–water partition coefficient (Wildman–Crippen LogP) is 4.69. The Labute approximate surface area is 132 Å². The summed E-state index contributed by atoms with van der Waals surface area (Å²) < 4.78 is 50.8. The van der Waals surface area contributed by atoms with Crippen LogP contribution in [0, 0.1) is 5.82 Å². The van der Waals surface area contributed by atoms with Crippen LogP contribution in [0.15, 0.2) is 52.3 Å². The van der Waals surface area contributed by atoms with Gasteiger partial charge >= 0.3 is 6.18 Å². The maximum Gasteiger partial charge on any atom is 0.455 e. The fourth-order valence-corrected chi connectivity index (χ4v) is 2.27. The first-order valence-electron chi connectivity index (χ1n) is 6.17. The minimum absolute atomic E-state index is 0.100. The second-order valence-corrected chi connectivity index (χ2v) is 5.25. The molecule has 0 spiro atoms. The summed E-state index contributed by atoms with van der Waals surface area (Å²) in [5.41, 5.74) is -0.845. The van der Waals surface area contributed by atoms with Gasteiger partial charge in [0, 0.05) is 6.21 Å². The molecule has 1 aromatic carbocycles. The molecule has 0 unspecified atom stereocenters. The van der Waals surface area contributed by atoms with Crippen molar-refractivity contribution in [1.82, 2.24) is 0 Å². The van der Waals surface area contributed by atoms with Crippen molar-refractivity contribution in [2.45, 2.75) is 6.18 Å². The predicted molar refractivity (Wildman–Crippen MR) is 79.5 cm³/mol. The molecule has 0 aliphatic carbocycles. The average molecular weight is 343 g/mol. The minimum Gasteiger partial charge on any atom is -0.506 e. The molecule has 3 nitrogen and oxygen atoms in total. The molecule has 0 fully saturated rings. The van der Waals surface area contributed by atoms with Gasteiger partial charge in [0.2, 0.25) is 0 Å². The Morgan fingerprint density at radius 3 is 2.35 bits per heavy atom. The first-order chi connectivity index (χ1) is 10.8. The van der Waals surface area contributed by atoms with Crippen molar-refractivity contribution in [1.29, 1.82) is 0 Å². The molecule has 0 aliphatic rings. The van der Waals surface area contributed by atoms with Crippen LogP contribution < -0.4 is 0 Å². The topological polar surface area (TPSA) is 49.7 Å². The highest BCUT2D eigenvalue weighted by atomic mass is 32.1. The third-order valence-corrected chi connectivity index (χ3v) is 3.56. The molecule has 0 bridgehead atoms. The number of hydrogen-bond donors (Lipinski definition) is 1. The number of benzene rings is 1. The molecule has 2 aromatic rings. The van der Waals surface area contributed by atoms with Crippen LogP contribution in [0.5, 0.6) is 0 Å². The van der Waals surface area contributed by atoms with E-state index in [1.54, 1.807) is 5.38 Å². The third kappa shape index (κ3) is 4.26. The van der Waals surface area contributed by atoms with Gasteiger partial charge < -0.3 is 5.11 Å². The van der Waals surface area contributed by atoms with Crippen LogP contribution in [-0.4, -0.2) is 23.3 Å². The minimum atomic E-state index is -5.16. The van der Waals surface area contributed by atoms with Crippen molar-refractivity contribution in [3.63, 3.8) is 0 Å². The van der Waals surface area contributed by atoms with Gasteiger partial charge in [-0.1, -0.05) is 6.07 Å². The van der Waals surface area contributed by atoms with E-state index in [1.165, 1.54) is 24.3 Å². The van der Waals surface area contributed by atoms with E-state index in [0.29, 0.717) is 6.21 Å². The molecule has 0 amide bonds. The Kier molecular flexibility index (Phi) is 4.95. The third-order valence-electron chi connectivity index (χ3n) is 2.68. The average Bonchev–Trinajstić information content (AvgIpc) is 3.02. The molecule has 1 aromatic heterocycles. The summed E-state index contributed by atoms with van der Waals surface area (Å²) in [5.74, 6) is -3.56. The van der Waals surface area contributed by atoms with Crippen LogP contribution in [0.3, 0.4) is 0 Å². The Balaban J connectivity index is 2.44. The van der Waals surface area contributed by atoms with E-state index in [4.69, 9.17) is 0 Å². The zero-order valence-electron chi connectivity index (χ0n) is 11.3. The number of aliphatic hydroxyl groups excluding tert-OH is 1. The SMILES string of the molecule is O=C(C(C=Nc1ccc(F)cc1)=C(O)c1cccs1)C(F)(F)F. The lowest BCUT2D eigenvalue weighted by molar-refractivity contribution is -0.165. The first kappa shape index (κ1) is 16.9. The molecule has 23 heavy (non-hydrogen) atoms. The van der Waals surface area contributed by atoms with E-state index < -0.39 is 29.1 Å². The Morgan fingerprint density at radius 2 is 1.83 bits per heavy atom. The van der Waals surface area contributed by atoms with Gasteiger partial charge in [0.25, 0.3) is 5.78 Å². The summed E-state index contributed by atoms with van der Waals surface area (Å²) >= 11 is 0.972. The van der Waals surface area contributed by atoms with Gasteiger partial charge in [0.15, 0.2) is 0 Å². The van der Waals surface area contributed by atoms with E-state index >= 15 is 0 Å². The summed E-state index contributed by atoms with van der Waals surface area (Å²) in [6.45, 7) is 0. The summed E-state index contributed by atoms with van der Waals surface area (Å²) in [6.07, 6.45) is -4.53. The number of nitrogens with zero attached hydrogens (tertiary/aromatic N) is 1. The lowest BCUT2D eigenvalue weighted by atomic mass is 10.1. The molecule has 1 heterocycles. The van der Waals surface area contributed by atoms with Gasteiger partial charge in [-0.05, 0) is 35.7 Å². The van der Waals surface area contributed by atoms with Gasteiger partial charge in [-0.2, -0.15) is 13.2 Å². The van der Waals surface area contributed by atoms with Gasteiger partial charge in [-0.3, -0.25) is 9.79 Å². The van der Waals surface area contributed by atoms with Crippen LogP contribution in [0.2, 0.25) is 0 Å². The van der Waals surface area contributed by atoms with Gasteiger partial charge in [-0.15, -0.1) is 11.3 Å². The number of aliphatic hydroxyl groups is 1.